The topological polar surface area (TPSA) is 90.9 Å². The molecular formula is C21H22FN5O3. The van der Waals surface area contributed by atoms with Crippen LogP contribution in [-0.2, 0) is 26.6 Å². The average Bonchev–Trinajstić information content (AvgIpc) is 2.88. The first-order chi connectivity index (χ1) is 14.4. The molecule has 1 atom stereocenters. The summed E-state index contributed by atoms with van der Waals surface area (Å²) in [6.07, 6.45) is 3.33. The number of fused-ring (bicyclic) bond motifs is 1. The number of hydrogen-bond acceptors (Lipinski definition) is 4. The normalized spacial score (nSPS) is 16.0. The molecule has 1 unspecified atom stereocenters. The van der Waals surface area contributed by atoms with E-state index in [-0.39, 0.29) is 35.6 Å². The maximum atomic E-state index is 13.1. The number of nitrogens with one attached hydrogen (secondary N) is 1. The SMILES string of the molecule is Cn1cc(C(=O)NC2CCc3nn(Cc4ccc(F)cc4)c(=O)n3CC2)ccc1=O. The third-order valence-electron chi connectivity index (χ3n) is 5.35. The summed E-state index contributed by atoms with van der Waals surface area (Å²) in [7, 11) is 1.60. The molecule has 8 nitrogen and oxygen atoms in total. The molecule has 0 aliphatic carbocycles. The molecule has 30 heavy (non-hydrogen) atoms. The Labute approximate surface area is 171 Å². The van der Waals surface area contributed by atoms with Crippen LogP contribution in [0.5, 0.6) is 0 Å². The smallest absolute Gasteiger partial charge is 0.346 e. The van der Waals surface area contributed by atoms with Crippen molar-refractivity contribution in [2.24, 2.45) is 7.05 Å². The van der Waals surface area contributed by atoms with Crippen molar-refractivity contribution >= 4 is 5.91 Å². The molecule has 4 rings (SSSR count). The monoisotopic (exact) mass is 411 g/mol. The van der Waals surface area contributed by atoms with E-state index in [0.717, 1.165) is 5.56 Å². The molecule has 2 aromatic heterocycles. The van der Waals surface area contributed by atoms with Crippen LogP contribution < -0.4 is 16.6 Å². The number of aromatic nitrogens is 4. The molecule has 0 spiro atoms. The molecule has 3 heterocycles. The van der Waals surface area contributed by atoms with E-state index in [4.69, 9.17) is 0 Å². The van der Waals surface area contributed by atoms with Crippen molar-refractivity contribution in [3.8, 4) is 0 Å². The quantitative estimate of drug-likeness (QED) is 0.695. The van der Waals surface area contributed by atoms with E-state index in [9.17, 15) is 18.8 Å². The third kappa shape index (κ3) is 4.10. The minimum absolute atomic E-state index is 0.0959. The van der Waals surface area contributed by atoms with Crippen LogP contribution in [0.15, 0.2) is 52.2 Å². The Morgan fingerprint density at radius 3 is 2.67 bits per heavy atom. The molecule has 156 valence electrons. The van der Waals surface area contributed by atoms with Crippen LogP contribution >= 0.6 is 0 Å². The molecule has 0 saturated heterocycles. The van der Waals surface area contributed by atoms with E-state index in [1.807, 2.05) is 0 Å². The van der Waals surface area contributed by atoms with Crippen molar-refractivity contribution in [2.75, 3.05) is 0 Å². The van der Waals surface area contributed by atoms with Gasteiger partial charge in [0, 0.05) is 38.3 Å². The lowest BCUT2D eigenvalue weighted by Crippen LogP contribution is -2.36. The second kappa shape index (κ2) is 8.10. The predicted molar refractivity (Wildman–Crippen MR) is 108 cm³/mol. The van der Waals surface area contributed by atoms with Crippen LogP contribution in [0.2, 0.25) is 0 Å². The molecule has 1 aliphatic heterocycles. The number of halogens is 1. The van der Waals surface area contributed by atoms with Gasteiger partial charge in [0.2, 0.25) is 5.56 Å². The van der Waals surface area contributed by atoms with Gasteiger partial charge in [0.05, 0.1) is 12.1 Å². The maximum Gasteiger partial charge on any atom is 0.346 e. The number of hydrogen-bond donors (Lipinski definition) is 1. The zero-order chi connectivity index (χ0) is 21.3. The standard InChI is InChI=1S/C21H22FN5O3/c1-25-13-15(4-9-19(25)28)20(29)23-17-7-8-18-24-27(21(30)26(18)11-10-17)12-14-2-5-16(22)6-3-14/h2-6,9,13,17H,7-8,10-12H2,1H3,(H,23,29). The molecule has 0 saturated carbocycles. The molecule has 0 fully saturated rings. The summed E-state index contributed by atoms with van der Waals surface area (Å²) < 4.78 is 17.5. The van der Waals surface area contributed by atoms with Crippen molar-refractivity contribution in [3.05, 3.63) is 86.2 Å². The van der Waals surface area contributed by atoms with Crippen molar-refractivity contribution in [3.63, 3.8) is 0 Å². The number of carbonyl (C=O) groups excluding carboxylic acids is 1. The predicted octanol–water partition coefficient (Wildman–Crippen LogP) is 1.07. The molecule has 0 radical (unpaired) electrons. The number of amides is 1. The largest absolute Gasteiger partial charge is 0.349 e. The fourth-order valence-electron chi connectivity index (χ4n) is 3.64. The lowest BCUT2D eigenvalue weighted by molar-refractivity contribution is 0.0932. The molecule has 1 aromatic carbocycles. The number of nitrogens with zero attached hydrogens (tertiary/aromatic N) is 4. The fraction of sp³-hybridized carbons (Fsp3) is 0.333. The first kappa shape index (κ1) is 19.8. The van der Waals surface area contributed by atoms with Gasteiger partial charge in [0.1, 0.15) is 11.6 Å². The lowest BCUT2D eigenvalue weighted by atomic mass is 10.1. The van der Waals surface area contributed by atoms with E-state index in [2.05, 4.69) is 10.4 Å². The van der Waals surface area contributed by atoms with E-state index in [0.29, 0.717) is 37.2 Å². The highest BCUT2D eigenvalue weighted by Gasteiger charge is 2.22. The first-order valence-electron chi connectivity index (χ1n) is 9.79. The van der Waals surface area contributed by atoms with Gasteiger partial charge in [0.15, 0.2) is 0 Å². The zero-order valence-corrected chi connectivity index (χ0v) is 16.5. The van der Waals surface area contributed by atoms with Crippen molar-refractivity contribution < 1.29 is 9.18 Å². The van der Waals surface area contributed by atoms with Gasteiger partial charge in [-0.25, -0.2) is 13.9 Å². The van der Waals surface area contributed by atoms with Crippen LogP contribution in [0.1, 0.15) is 34.6 Å². The highest BCUT2D eigenvalue weighted by Crippen LogP contribution is 2.13. The Bertz CT molecular complexity index is 1190. The van der Waals surface area contributed by atoms with Crippen LogP contribution in [0.25, 0.3) is 0 Å². The Hall–Kier alpha value is -3.49. The molecule has 0 bridgehead atoms. The third-order valence-corrected chi connectivity index (χ3v) is 5.35. The van der Waals surface area contributed by atoms with E-state index in [1.165, 1.54) is 39.7 Å². The summed E-state index contributed by atoms with van der Waals surface area (Å²) in [5, 5.41) is 7.43. The van der Waals surface area contributed by atoms with Gasteiger partial charge in [0.25, 0.3) is 5.91 Å². The van der Waals surface area contributed by atoms with Crippen molar-refractivity contribution in [2.45, 2.75) is 38.4 Å². The highest BCUT2D eigenvalue weighted by atomic mass is 19.1. The van der Waals surface area contributed by atoms with Gasteiger partial charge in [-0.1, -0.05) is 12.1 Å². The first-order valence-corrected chi connectivity index (χ1v) is 9.79. The molecular weight excluding hydrogens is 389 g/mol. The van der Waals surface area contributed by atoms with E-state index in [1.54, 1.807) is 23.7 Å². The van der Waals surface area contributed by atoms with E-state index >= 15 is 0 Å². The van der Waals surface area contributed by atoms with Gasteiger partial charge in [-0.05, 0) is 36.6 Å². The van der Waals surface area contributed by atoms with Crippen LogP contribution in [0.3, 0.4) is 0 Å². The van der Waals surface area contributed by atoms with Gasteiger partial charge >= 0.3 is 5.69 Å². The maximum absolute atomic E-state index is 13.1. The van der Waals surface area contributed by atoms with Gasteiger partial charge in [-0.15, -0.1) is 0 Å². The number of aryl methyl sites for hydroxylation is 2. The van der Waals surface area contributed by atoms with Crippen molar-refractivity contribution in [1.29, 1.82) is 0 Å². The van der Waals surface area contributed by atoms with E-state index < -0.39 is 0 Å². The molecule has 3 aromatic rings. The number of pyridine rings is 1. The fourth-order valence-corrected chi connectivity index (χ4v) is 3.64. The molecule has 9 heteroatoms. The van der Waals surface area contributed by atoms with Crippen molar-refractivity contribution in [1.82, 2.24) is 24.2 Å². The summed E-state index contributed by atoms with van der Waals surface area (Å²) in [5.74, 6) is 0.113. The minimum atomic E-state index is -0.322. The highest BCUT2D eigenvalue weighted by molar-refractivity contribution is 5.94. The van der Waals surface area contributed by atoms with Crippen LogP contribution in [-0.4, -0.2) is 30.9 Å². The minimum Gasteiger partial charge on any atom is -0.349 e. The Morgan fingerprint density at radius 2 is 1.93 bits per heavy atom. The van der Waals surface area contributed by atoms with Crippen LogP contribution in [0.4, 0.5) is 4.39 Å². The molecule has 1 aliphatic rings. The summed E-state index contributed by atoms with van der Waals surface area (Å²) in [4.78, 5) is 36.7. The number of rotatable bonds is 4. The summed E-state index contributed by atoms with van der Waals surface area (Å²) in [5.41, 5.74) is 0.831. The zero-order valence-electron chi connectivity index (χ0n) is 16.5. The second-order valence-corrected chi connectivity index (χ2v) is 7.50. The van der Waals surface area contributed by atoms with Gasteiger partial charge in [-0.3, -0.25) is 14.2 Å². The van der Waals surface area contributed by atoms with Gasteiger partial charge < -0.3 is 9.88 Å². The Kier molecular flexibility index (Phi) is 5.35. The number of carbonyl (C=O) groups is 1. The Morgan fingerprint density at radius 1 is 1.17 bits per heavy atom. The summed E-state index contributed by atoms with van der Waals surface area (Å²) in [6.45, 7) is 0.738. The molecule has 1 N–H and O–H groups in total. The second-order valence-electron chi connectivity index (χ2n) is 7.50. The average molecular weight is 411 g/mol. The van der Waals surface area contributed by atoms with Gasteiger partial charge in [-0.2, -0.15) is 5.10 Å². The molecule has 1 amide bonds. The summed E-state index contributed by atoms with van der Waals surface area (Å²) in [6, 6.07) is 8.77. The summed E-state index contributed by atoms with van der Waals surface area (Å²) >= 11 is 0. The number of benzene rings is 1. The lowest BCUT2D eigenvalue weighted by Gasteiger charge is -2.16. The van der Waals surface area contributed by atoms with Crippen LogP contribution in [0, 0.1) is 5.82 Å². The Balaban J connectivity index is 1.43.